The second kappa shape index (κ2) is 11.8. The number of carbonyl (C=O) groups is 3. The van der Waals surface area contributed by atoms with Crippen molar-refractivity contribution in [3.05, 3.63) is 107 Å². The highest BCUT2D eigenvalue weighted by atomic mass is 19.1. The molecule has 0 saturated heterocycles. The minimum absolute atomic E-state index is 0.202. The third-order valence-corrected chi connectivity index (χ3v) is 6.30. The highest BCUT2D eigenvalue weighted by molar-refractivity contribution is 6.23. The average molecular weight is 529 g/mol. The van der Waals surface area contributed by atoms with Crippen LogP contribution in [-0.2, 0) is 19.1 Å². The van der Waals surface area contributed by atoms with Gasteiger partial charge in [0.15, 0.2) is 6.61 Å². The fraction of sp³-hybridized carbons (Fsp3) is 0.194. The van der Waals surface area contributed by atoms with Crippen LogP contribution >= 0.6 is 0 Å². The van der Waals surface area contributed by atoms with Crippen molar-refractivity contribution in [2.45, 2.75) is 26.7 Å². The summed E-state index contributed by atoms with van der Waals surface area (Å²) in [5, 5.41) is 2.62. The lowest BCUT2D eigenvalue weighted by molar-refractivity contribution is -0.136. The fourth-order valence-electron chi connectivity index (χ4n) is 4.21. The van der Waals surface area contributed by atoms with E-state index in [1.54, 1.807) is 37.3 Å². The van der Waals surface area contributed by atoms with E-state index < -0.39 is 17.7 Å². The molecule has 1 heterocycles. The maximum atomic E-state index is 13.5. The predicted octanol–water partition coefficient (Wildman–Crippen LogP) is 5.84. The lowest BCUT2D eigenvalue weighted by Crippen LogP contribution is -2.24. The second-order valence-electron chi connectivity index (χ2n) is 9.31. The van der Waals surface area contributed by atoms with Gasteiger partial charge in [-0.2, -0.15) is 0 Å². The number of ether oxygens (including phenoxy) is 2. The Morgan fingerprint density at radius 1 is 0.974 bits per heavy atom. The molecule has 39 heavy (non-hydrogen) atoms. The van der Waals surface area contributed by atoms with Gasteiger partial charge in [-0.15, -0.1) is 0 Å². The first-order valence-electron chi connectivity index (χ1n) is 12.4. The molecule has 0 spiro atoms. The minimum atomic E-state index is -0.597. The number of rotatable bonds is 8. The molecule has 8 heteroatoms. The molecule has 0 fully saturated rings. The molecule has 7 nitrogen and oxygen atoms in total. The van der Waals surface area contributed by atoms with E-state index in [1.807, 2.05) is 24.3 Å². The average Bonchev–Trinajstić information content (AvgIpc) is 3.17. The third kappa shape index (κ3) is 6.23. The van der Waals surface area contributed by atoms with Crippen LogP contribution < -0.4 is 15.0 Å². The van der Waals surface area contributed by atoms with Crippen molar-refractivity contribution in [2.24, 2.45) is 0 Å². The number of methoxy groups -OCH3 is 1. The zero-order valence-corrected chi connectivity index (χ0v) is 22.2. The van der Waals surface area contributed by atoms with E-state index in [9.17, 15) is 18.8 Å². The Bertz CT molecular complexity index is 1440. The predicted molar refractivity (Wildman–Crippen MR) is 148 cm³/mol. The van der Waals surface area contributed by atoms with Gasteiger partial charge in [-0.3, -0.25) is 14.5 Å². The quantitative estimate of drug-likeness (QED) is 0.293. The van der Waals surface area contributed by atoms with Crippen molar-refractivity contribution >= 4 is 35.2 Å². The maximum absolute atomic E-state index is 13.5. The molecule has 1 aliphatic rings. The topological polar surface area (TPSA) is 84.9 Å². The molecule has 0 saturated carbocycles. The van der Waals surface area contributed by atoms with Gasteiger partial charge in [0.2, 0.25) is 0 Å². The zero-order valence-electron chi connectivity index (χ0n) is 22.2. The Balaban J connectivity index is 1.50. The maximum Gasteiger partial charge on any atom is 0.340 e. The SMILES string of the molecule is COC(=O)C1=C(C)N(c2ccc(C(C)C)cc2)C(=O)/C1=C\c1ccc(OCC(=O)Nc2ccc(F)cc2)cc1. The number of amides is 2. The summed E-state index contributed by atoms with van der Waals surface area (Å²) in [5.74, 6) is -0.924. The Hall–Kier alpha value is -4.72. The van der Waals surface area contributed by atoms with Gasteiger partial charge in [-0.25, -0.2) is 9.18 Å². The summed E-state index contributed by atoms with van der Waals surface area (Å²) in [6.07, 6.45) is 1.63. The number of halogens is 1. The van der Waals surface area contributed by atoms with E-state index in [1.165, 1.54) is 36.3 Å². The number of allylic oxidation sites excluding steroid dienone is 1. The summed E-state index contributed by atoms with van der Waals surface area (Å²) in [4.78, 5) is 39.8. The van der Waals surface area contributed by atoms with Gasteiger partial charge < -0.3 is 14.8 Å². The molecule has 0 atom stereocenters. The largest absolute Gasteiger partial charge is 0.484 e. The van der Waals surface area contributed by atoms with E-state index in [2.05, 4.69) is 19.2 Å². The molecular weight excluding hydrogens is 499 g/mol. The molecule has 0 unspecified atom stereocenters. The van der Waals surface area contributed by atoms with Crippen LogP contribution in [0, 0.1) is 5.82 Å². The van der Waals surface area contributed by atoms with Gasteiger partial charge in [0, 0.05) is 17.1 Å². The molecule has 0 aromatic heterocycles. The Labute approximate surface area is 226 Å². The molecule has 0 radical (unpaired) electrons. The van der Waals surface area contributed by atoms with Crippen LogP contribution in [0.2, 0.25) is 0 Å². The Morgan fingerprint density at radius 3 is 2.21 bits per heavy atom. The van der Waals surface area contributed by atoms with Crippen LogP contribution in [0.5, 0.6) is 5.75 Å². The molecule has 0 aliphatic carbocycles. The van der Waals surface area contributed by atoms with Crippen LogP contribution in [0.1, 0.15) is 37.8 Å². The first kappa shape index (κ1) is 27.3. The van der Waals surface area contributed by atoms with Crippen molar-refractivity contribution in [2.75, 3.05) is 23.9 Å². The summed E-state index contributed by atoms with van der Waals surface area (Å²) < 4.78 is 23.5. The van der Waals surface area contributed by atoms with Crippen LogP contribution in [0.15, 0.2) is 89.6 Å². The van der Waals surface area contributed by atoms with Crippen molar-refractivity contribution in [3.63, 3.8) is 0 Å². The van der Waals surface area contributed by atoms with Gasteiger partial charge in [-0.05, 0) is 78.6 Å². The van der Waals surface area contributed by atoms with Gasteiger partial charge in [0.25, 0.3) is 11.8 Å². The van der Waals surface area contributed by atoms with Crippen molar-refractivity contribution in [1.82, 2.24) is 0 Å². The molecule has 2 amide bonds. The van der Waals surface area contributed by atoms with Gasteiger partial charge >= 0.3 is 5.97 Å². The van der Waals surface area contributed by atoms with E-state index in [4.69, 9.17) is 9.47 Å². The first-order valence-corrected chi connectivity index (χ1v) is 12.4. The van der Waals surface area contributed by atoms with Crippen molar-refractivity contribution in [3.8, 4) is 5.75 Å². The van der Waals surface area contributed by atoms with E-state index in [-0.39, 0.29) is 23.7 Å². The Morgan fingerprint density at radius 2 is 1.62 bits per heavy atom. The molecular formula is C31H29FN2O5. The summed E-state index contributed by atoms with van der Waals surface area (Å²) in [6, 6.07) is 19.9. The molecule has 1 aliphatic heterocycles. The summed E-state index contributed by atoms with van der Waals surface area (Å²) in [6.45, 7) is 5.66. The highest BCUT2D eigenvalue weighted by Crippen LogP contribution is 2.36. The number of benzene rings is 3. The summed E-state index contributed by atoms with van der Waals surface area (Å²) in [5.41, 5.74) is 3.84. The standard InChI is InChI=1S/C31H29FN2O5/c1-19(2)22-7-13-25(14-8-22)34-20(3)29(31(37)38-4)27(30(34)36)17-21-5-15-26(16-6-21)39-18-28(35)33-24-11-9-23(32)10-12-24/h5-17,19H,18H2,1-4H3,(H,33,35)/b27-17-. The Kier molecular flexibility index (Phi) is 8.24. The van der Waals surface area contributed by atoms with Crippen molar-refractivity contribution < 1.29 is 28.2 Å². The molecule has 200 valence electrons. The van der Waals surface area contributed by atoms with Gasteiger partial charge in [-0.1, -0.05) is 38.1 Å². The second-order valence-corrected chi connectivity index (χ2v) is 9.31. The van der Waals surface area contributed by atoms with E-state index in [0.717, 1.165) is 5.56 Å². The van der Waals surface area contributed by atoms with E-state index in [0.29, 0.717) is 34.3 Å². The summed E-state index contributed by atoms with van der Waals surface area (Å²) >= 11 is 0. The number of anilines is 2. The molecule has 4 rings (SSSR count). The van der Waals surface area contributed by atoms with Crippen LogP contribution in [0.3, 0.4) is 0 Å². The number of esters is 1. The lowest BCUT2D eigenvalue weighted by Gasteiger charge is -2.19. The number of hydrogen-bond acceptors (Lipinski definition) is 5. The fourth-order valence-corrected chi connectivity index (χ4v) is 4.21. The molecule has 3 aromatic rings. The minimum Gasteiger partial charge on any atom is -0.484 e. The zero-order chi connectivity index (χ0) is 28.1. The van der Waals surface area contributed by atoms with Gasteiger partial charge in [0.05, 0.1) is 18.3 Å². The third-order valence-electron chi connectivity index (χ3n) is 6.30. The van der Waals surface area contributed by atoms with Crippen molar-refractivity contribution in [1.29, 1.82) is 0 Å². The lowest BCUT2D eigenvalue weighted by atomic mass is 10.0. The highest BCUT2D eigenvalue weighted by Gasteiger charge is 2.37. The number of nitrogens with zero attached hydrogens (tertiary/aromatic N) is 1. The summed E-state index contributed by atoms with van der Waals surface area (Å²) in [7, 11) is 1.28. The van der Waals surface area contributed by atoms with Gasteiger partial charge in [0.1, 0.15) is 11.6 Å². The number of hydrogen-bond donors (Lipinski definition) is 1. The molecule has 0 bridgehead atoms. The molecule has 3 aromatic carbocycles. The van der Waals surface area contributed by atoms with E-state index >= 15 is 0 Å². The monoisotopic (exact) mass is 528 g/mol. The first-order chi connectivity index (χ1) is 18.7. The molecule has 1 N–H and O–H groups in total. The van der Waals surface area contributed by atoms with Crippen LogP contribution in [0.4, 0.5) is 15.8 Å². The normalized spacial score (nSPS) is 14.3. The van der Waals surface area contributed by atoms with Crippen LogP contribution in [-0.4, -0.2) is 31.5 Å². The number of carbonyl (C=O) groups excluding carboxylic acids is 3. The van der Waals surface area contributed by atoms with Crippen LogP contribution in [0.25, 0.3) is 6.08 Å². The number of nitrogens with one attached hydrogen (secondary N) is 1. The smallest absolute Gasteiger partial charge is 0.340 e.